The molecule has 0 saturated heterocycles. The quantitative estimate of drug-likeness (QED) is 0.437. The van der Waals surface area contributed by atoms with Gasteiger partial charge in [0.25, 0.3) is 0 Å². The van der Waals surface area contributed by atoms with Crippen molar-refractivity contribution in [1.29, 1.82) is 0 Å². The van der Waals surface area contributed by atoms with Crippen molar-refractivity contribution in [2.24, 2.45) is 0 Å². The first-order chi connectivity index (χ1) is 2.91. The summed E-state index contributed by atoms with van der Waals surface area (Å²) in [7, 11) is 4.99. The first-order valence-electron chi connectivity index (χ1n) is 1.75. The molecule has 0 aliphatic heterocycles. The molecule has 0 heterocycles. The van der Waals surface area contributed by atoms with Crippen LogP contribution in [0.2, 0.25) is 0 Å². The largest absolute Gasteiger partial charge is 0.0979 e. The third-order valence-corrected chi connectivity index (χ3v) is 11.8. The van der Waals surface area contributed by atoms with Crippen molar-refractivity contribution in [1.82, 2.24) is 0 Å². The fourth-order valence-corrected chi connectivity index (χ4v) is 10.1. The van der Waals surface area contributed by atoms with Crippen LogP contribution in [0.25, 0.3) is 0 Å². The highest BCUT2D eigenvalue weighted by Crippen LogP contribution is 2.59. The van der Waals surface area contributed by atoms with E-state index in [2.05, 4.69) is 13.3 Å². The molecule has 6 heavy (non-hydrogen) atoms. The topological polar surface area (TPSA) is 0 Å². The molecule has 0 rings (SSSR count). The predicted octanol–water partition coefficient (Wildman–Crippen LogP) is 2.71. The second kappa shape index (κ2) is 6.72. The van der Waals surface area contributed by atoms with Gasteiger partial charge in [-0.2, -0.15) is 0 Å². The van der Waals surface area contributed by atoms with E-state index >= 15 is 0 Å². The van der Waals surface area contributed by atoms with Gasteiger partial charge in [0, 0.05) is 0 Å². The van der Waals surface area contributed by atoms with Gasteiger partial charge in [0.2, 0.25) is 0 Å². The molecule has 4 heteroatoms. The third kappa shape index (κ3) is 5.72. The number of hydrogen-bond donors (Lipinski definition) is 0. The second-order valence-electron chi connectivity index (χ2n) is 0.750. The second-order valence-corrected chi connectivity index (χ2v) is 11.2. The van der Waals surface area contributed by atoms with Crippen LogP contribution in [0.15, 0.2) is 0 Å². The molecule has 0 aromatic heterocycles. The van der Waals surface area contributed by atoms with Crippen molar-refractivity contribution in [2.75, 3.05) is 13.3 Å². The average Bonchev–Trinajstić information content (AvgIpc) is 1.61. The van der Waals surface area contributed by atoms with Crippen LogP contribution in [-0.2, 0) is 0 Å². The van der Waals surface area contributed by atoms with E-state index < -0.39 is 0 Å². The molecule has 0 nitrogen and oxygen atoms in total. The summed E-state index contributed by atoms with van der Waals surface area (Å²) in [5.41, 5.74) is 0. The van der Waals surface area contributed by atoms with Gasteiger partial charge in [-0.1, -0.05) is 32.5 Å². The van der Waals surface area contributed by atoms with Crippen LogP contribution in [-0.4, -0.2) is 13.3 Å². The lowest BCUT2D eigenvalue weighted by Gasteiger charge is -1.88. The fraction of sp³-hybridized carbons (Fsp3) is 1.00. The normalized spacial score (nSPS) is 17.0. The molecule has 0 bridgehead atoms. The Bertz CT molecular complexity index is 17.5. The Morgan fingerprint density at radius 3 is 1.33 bits per heavy atom. The van der Waals surface area contributed by atoms with Gasteiger partial charge in [-0.3, -0.25) is 0 Å². The Labute approximate surface area is 46.4 Å². The highest BCUT2D eigenvalue weighted by molar-refractivity contribution is 8.59. The van der Waals surface area contributed by atoms with Gasteiger partial charge in [0.15, 0.2) is 0 Å². The summed E-state index contributed by atoms with van der Waals surface area (Å²) < 4.78 is 0. The summed E-state index contributed by atoms with van der Waals surface area (Å²) in [6.07, 6.45) is 0. The lowest BCUT2D eigenvalue weighted by Crippen LogP contribution is -1.16. The van der Waals surface area contributed by atoms with Gasteiger partial charge in [0.05, 0.1) is 0 Å². The van der Waals surface area contributed by atoms with Crippen molar-refractivity contribution >= 4 is 32.5 Å². The Kier molecular flexibility index (Phi) is 8.65. The zero-order valence-corrected chi connectivity index (χ0v) is 8.00. The summed E-state index contributed by atoms with van der Waals surface area (Å²) in [5.74, 6) is 0. The lowest BCUT2D eigenvalue weighted by atomic mass is 12.0. The van der Waals surface area contributed by atoms with Crippen molar-refractivity contribution in [2.45, 2.75) is 0 Å². The van der Waals surface area contributed by atoms with Gasteiger partial charge < -0.3 is 0 Å². The standard InChI is InChI=1S/C2H10P4/c1-3-5-6-4-2/h3-6H,1-2H3. The van der Waals surface area contributed by atoms with Crippen LogP contribution in [0.5, 0.6) is 0 Å². The van der Waals surface area contributed by atoms with E-state index in [-0.39, 0.29) is 0 Å². The van der Waals surface area contributed by atoms with Gasteiger partial charge in [-0.15, -0.1) is 0 Å². The monoisotopic (exact) mass is 158 g/mol. The van der Waals surface area contributed by atoms with Gasteiger partial charge >= 0.3 is 0 Å². The fourth-order valence-electron chi connectivity index (χ4n) is 0.125. The van der Waals surface area contributed by atoms with Crippen molar-refractivity contribution < 1.29 is 0 Å². The molecule has 0 N–H and O–H groups in total. The van der Waals surface area contributed by atoms with E-state index in [1.165, 1.54) is 32.5 Å². The average molecular weight is 158 g/mol. The maximum atomic E-state index is 2.28. The molecule has 38 valence electrons. The van der Waals surface area contributed by atoms with Crippen LogP contribution >= 0.6 is 32.5 Å². The highest BCUT2D eigenvalue weighted by atomic mass is 32.6. The van der Waals surface area contributed by atoms with E-state index in [0.29, 0.717) is 0 Å². The summed E-state index contributed by atoms with van der Waals surface area (Å²) in [6.45, 7) is 4.57. The van der Waals surface area contributed by atoms with Crippen molar-refractivity contribution in [3.63, 3.8) is 0 Å². The van der Waals surface area contributed by atoms with Gasteiger partial charge in [0.1, 0.15) is 0 Å². The van der Waals surface area contributed by atoms with Gasteiger partial charge in [-0.05, 0) is 13.3 Å². The zero-order valence-electron chi connectivity index (χ0n) is 4.00. The van der Waals surface area contributed by atoms with Crippen LogP contribution in [0, 0.1) is 0 Å². The Morgan fingerprint density at radius 1 is 0.833 bits per heavy atom. The molecule has 0 aliphatic rings. The lowest BCUT2D eigenvalue weighted by molar-refractivity contribution is 2.51. The molecular weight excluding hydrogens is 148 g/mol. The zero-order chi connectivity index (χ0) is 4.83. The van der Waals surface area contributed by atoms with Crippen LogP contribution in [0.3, 0.4) is 0 Å². The van der Waals surface area contributed by atoms with Crippen molar-refractivity contribution in [3.8, 4) is 0 Å². The minimum atomic E-state index is 1.21. The highest BCUT2D eigenvalue weighted by Gasteiger charge is 1.73. The minimum absolute atomic E-state index is 1.21. The molecule has 0 spiro atoms. The Morgan fingerprint density at radius 2 is 1.17 bits per heavy atom. The van der Waals surface area contributed by atoms with Gasteiger partial charge in [-0.25, -0.2) is 0 Å². The third-order valence-electron chi connectivity index (χ3n) is 0.312. The van der Waals surface area contributed by atoms with E-state index in [4.69, 9.17) is 0 Å². The van der Waals surface area contributed by atoms with Crippen LogP contribution in [0.4, 0.5) is 0 Å². The van der Waals surface area contributed by atoms with Crippen molar-refractivity contribution in [3.05, 3.63) is 0 Å². The number of hydrogen-bond acceptors (Lipinski definition) is 0. The smallest absolute Gasteiger partial charge is 0.0432 e. The SMILES string of the molecule is CPPPPC. The first-order valence-corrected chi connectivity index (χ1v) is 9.75. The molecule has 0 fully saturated rings. The molecule has 4 unspecified atom stereocenters. The first kappa shape index (κ1) is 7.72. The molecular formula is C2H10P4. The maximum absolute atomic E-state index is 2.28. The van der Waals surface area contributed by atoms with Crippen LogP contribution < -0.4 is 0 Å². The molecule has 0 aromatic carbocycles. The predicted molar refractivity (Wildman–Crippen MR) is 45.1 cm³/mol. The summed E-state index contributed by atoms with van der Waals surface area (Å²) in [5, 5.41) is 0. The molecule has 0 saturated carbocycles. The number of rotatable bonds is 3. The summed E-state index contributed by atoms with van der Waals surface area (Å²) in [4.78, 5) is 0. The van der Waals surface area contributed by atoms with E-state index in [1.807, 2.05) is 0 Å². The molecule has 4 atom stereocenters. The Balaban J connectivity index is 2.34. The maximum Gasteiger partial charge on any atom is -0.0432 e. The minimum Gasteiger partial charge on any atom is -0.0979 e. The Hall–Kier alpha value is 1.72. The molecule has 0 aliphatic carbocycles. The molecule has 0 radical (unpaired) electrons. The van der Waals surface area contributed by atoms with E-state index in [1.54, 1.807) is 0 Å². The van der Waals surface area contributed by atoms with E-state index in [9.17, 15) is 0 Å². The molecule has 0 aromatic rings. The molecule has 0 amide bonds. The van der Waals surface area contributed by atoms with Crippen LogP contribution in [0.1, 0.15) is 0 Å². The van der Waals surface area contributed by atoms with E-state index in [0.717, 1.165) is 0 Å². The summed E-state index contributed by atoms with van der Waals surface area (Å²) in [6, 6.07) is 0. The summed E-state index contributed by atoms with van der Waals surface area (Å²) >= 11 is 0.